The molecule has 1 aliphatic heterocycles. The van der Waals surface area contributed by atoms with Gasteiger partial charge >= 0.3 is 11.9 Å². The van der Waals surface area contributed by atoms with Crippen LogP contribution >= 0.6 is 0 Å². The van der Waals surface area contributed by atoms with Crippen LogP contribution in [0.4, 0.5) is 0 Å². The van der Waals surface area contributed by atoms with E-state index in [0.29, 0.717) is 19.3 Å². The molecule has 1 saturated heterocycles. The third-order valence-corrected chi connectivity index (χ3v) is 15.0. The lowest BCUT2D eigenvalue weighted by atomic mass is 9.86. The quantitative estimate of drug-likeness (QED) is 0.0373. The molecule has 0 saturated carbocycles. The summed E-state index contributed by atoms with van der Waals surface area (Å²) in [5.74, 6) is -2.58. The normalized spacial score (nSPS) is 19.6. The Hall–Kier alpha value is -2.31. The van der Waals surface area contributed by atoms with Gasteiger partial charge in [0.2, 0.25) is 5.91 Å². The second-order valence-electron chi connectivity index (χ2n) is 22.7. The zero-order chi connectivity index (χ0) is 52.7. The van der Waals surface area contributed by atoms with Crippen molar-refractivity contribution in [3.63, 3.8) is 0 Å². The molecule has 1 heterocycles. The Morgan fingerprint density at radius 3 is 1.51 bits per heavy atom. The summed E-state index contributed by atoms with van der Waals surface area (Å²) in [6, 6.07) is 8.75. The van der Waals surface area contributed by atoms with E-state index in [1.807, 2.05) is 64.2 Å². The number of benzene rings is 1. The Labute approximate surface area is 443 Å². The van der Waals surface area contributed by atoms with Gasteiger partial charge in [-0.2, -0.15) is 0 Å². The highest BCUT2D eigenvalue weighted by Gasteiger charge is 2.58. The van der Waals surface area contributed by atoms with E-state index in [1.54, 1.807) is 0 Å². The first-order valence-corrected chi connectivity index (χ1v) is 32.9. The van der Waals surface area contributed by atoms with E-state index in [0.717, 1.165) is 63.4 Å². The third-order valence-electron chi connectivity index (χ3n) is 14.2. The average molecular weight is 1030 g/mol. The second-order valence-corrected chi connectivity index (χ2v) is 25.0. The number of unbranched alkanes of at least 4 members (excludes halogenated alkanes) is 28. The minimum Gasteiger partial charge on any atom is -0.462 e. The van der Waals surface area contributed by atoms with Crippen LogP contribution in [0, 0.1) is 0 Å². The largest absolute Gasteiger partial charge is 0.462 e. The molecule has 418 valence electrons. The summed E-state index contributed by atoms with van der Waals surface area (Å²) < 4.78 is 32.7. The maximum Gasteiger partial charge on any atom is 0.306 e. The van der Waals surface area contributed by atoms with Crippen molar-refractivity contribution >= 4 is 26.9 Å². The number of nitrogens with one attached hydrogen (secondary N) is 1. The Morgan fingerprint density at radius 1 is 0.639 bits per heavy atom. The number of carbonyl (C=O) groups is 3. The molecule has 1 amide bonds. The van der Waals surface area contributed by atoms with E-state index < -0.39 is 56.9 Å². The van der Waals surface area contributed by atoms with Gasteiger partial charge in [0.1, 0.15) is 24.4 Å². The molecule has 11 heteroatoms. The van der Waals surface area contributed by atoms with Crippen LogP contribution < -0.4 is 5.32 Å². The fraction of sp³-hybridized carbons (Fsp3) is 0.852. The summed E-state index contributed by atoms with van der Waals surface area (Å²) in [5, 5.41) is 15.5. The van der Waals surface area contributed by atoms with Crippen molar-refractivity contribution in [2.24, 2.45) is 0 Å². The van der Waals surface area contributed by atoms with Gasteiger partial charge in [-0.05, 0) is 65.1 Å². The van der Waals surface area contributed by atoms with Crippen molar-refractivity contribution in [1.82, 2.24) is 5.32 Å². The number of rotatable bonds is 45. The smallest absolute Gasteiger partial charge is 0.306 e. The van der Waals surface area contributed by atoms with E-state index in [1.165, 1.54) is 135 Å². The van der Waals surface area contributed by atoms with E-state index >= 15 is 0 Å². The molecular weight excluding hydrogens is 919 g/mol. The first-order valence-electron chi connectivity index (χ1n) is 30.1. The Bertz CT molecular complexity index is 1490. The number of ether oxygens (including phenoxy) is 4. The first-order chi connectivity index (χ1) is 34.7. The summed E-state index contributed by atoms with van der Waals surface area (Å²) >= 11 is 0. The molecule has 2 rings (SSSR count). The lowest BCUT2D eigenvalue weighted by Gasteiger charge is -2.52. The molecule has 72 heavy (non-hydrogen) atoms. The molecule has 0 bridgehead atoms. The van der Waals surface area contributed by atoms with Crippen LogP contribution in [0.25, 0.3) is 0 Å². The molecule has 1 aromatic carbocycles. The van der Waals surface area contributed by atoms with Crippen LogP contribution in [0.1, 0.15) is 272 Å². The van der Waals surface area contributed by atoms with Crippen molar-refractivity contribution in [3.8, 4) is 0 Å². The fourth-order valence-corrected chi connectivity index (χ4v) is 11.2. The molecular formula is C61H111NO9Si. The van der Waals surface area contributed by atoms with Crippen LogP contribution in [0.15, 0.2) is 30.3 Å². The molecule has 6 atom stereocenters. The van der Waals surface area contributed by atoms with E-state index in [9.17, 15) is 19.5 Å². The van der Waals surface area contributed by atoms with Crippen molar-refractivity contribution in [3.05, 3.63) is 35.9 Å². The zero-order valence-electron chi connectivity index (χ0n) is 47.7. The highest BCUT2D eigenvalue weighted by Crippen LogP contribution is 2.38. The van der Waals surface area contributed by atoms with Gasteiger partial charge in [0.15, 0.2) is 20.9 Å². The highest BCUT2D eigenvalue weighted by atomic mass is 28.3. The maximum atomic E-state index is 14.7. The van der Waals surface area contributed by atoms with Crippen LogP contribution in [-0.2, 0) is 44.2 Å². The lowest BCUT2D eigenvalue weighted by molar-refractivity contribution is -0.314. The molecule has 0 aliphatic carbocycles. The number of hydrogen-bond donors (Lipinski definition) is 2. The van der Waals surface area contributed by atoms with Crippen LogP contribution in [0.2, 0.25) is 13.1 Å². The molecule has 0 aromatic heterocycles. The topological polar surface area (TPSA) is 130 Å². The SMILES string of the molecule is CCCCCCCCCCCCCC(=O)O[C@H](CCCCCCCCCCC)CC(=O)N[C@@H]1[C@@H](OC(=O)CCCCCCCCCCCCC)[C@H](O)[C@@H](COC(C)(C)C)O[C@@]1(Cc1ccccc1)O[SiH](C)C. The summed E-state index contributed by atoms with van der Waals surface area (Å²) in [6.45, 7) is 16.7. The van der Waals surface area contributed by atoms with Gasteiger partial charge in [-0.3, -0.25) is 14.4 Å². The predicted molar refractivity (Wildman–Crippen MR) is 300 cm³/mol. The fourth-order valence-electron chi connectivity index (χ4n) is 10.1. The molecule has 1 aromatic rings. The van der Waals surface area contributed by atoms with Gasteiger partial charge in [-0.25, -0.2) is 0 Å². The van der Waals surface area contributed by atoms with E-state index in [2.05, 4.69) is 26.1 Å². The number of hydrogen-bond acceptors (Lipinski definition) is 9. The van der Waals surface area contributed by atoms with E-state index in [-0.39, 0.29) is 37.7 Å². The number of esters is 2. The van der Waals surface area contributed by atoms with E-state index in [4.69, 9.17) is 23.4 Å². The molecule has 1 fully saturated rings. The third kappa shape index (κ3) is 31.5. The Kier molecular flexibility index (Phi) is 37.4. The first kappa shape index (κ1) is 65.8. The predicted octanol–water partition coefficient (Wildman–Crippen LogP) is 15.5. The average Bonchev–Trinajstić information content (AvgIpc) is 3.33. The zero-order valence-corrected chi connectivity index (χ0v) is 48.9. The molecule has 10 nitrogen and oxygen atoms in total. The van der Waals surface area contributed by atoms with Gasteiger partial charge in [0.25, 0.3) is 0 Å². The van der Waals surface area contributed by atoms with Crippen LogP contribution in [-0.4, -0.2) is 80.4 Å². The standard InChI is InChI=1S/C61H111NO9Si/c1-9-12-15-18-21-24-26-29-32-35-41-46-55(64)68-52(45-40-34-31-28-23-20-17-14-11-3)48-54(63)62-59-58(69-56(65)47-42-36-33-30-27-25-22-19-16-13-10-2)57(66)53(50-67-60(4,5)6)70-61(59,71-72(7)8)49-51-43-38-37-39-44-51/h37-39,43-44,52-53,57-59,66,72H,9-36,40-42,45-50H2,1-8H3,(H,62,63)/t52-,53-,57-,58+,59-,61+/m1/s1. The lowest BCUT2D eigenvalue weighted by Crippen LogP contribution is -2.73. The molecule has 0 radical (unpaired) electrons. The number of carbonyl (C=O) groups excluding carboxylic acids is 3. The number of amides is 1. The molecule has 0 unspecified atom stereocenters. The van der Waals surface area contributed by atoms with Gasteiger partial charge in [0, 0.05) is 19.3 Å². The minimum atomic E-state index is -1.96. The maximum absolute atomic E-state index is 14.7. The summed E-state index contributed by atoms with van der Waals surface area (Å²) in [6.07, 6.45) is 33.6. The van der Waals surface area contributed by atoms with Crippen LogP contribution in [0.5, 0.6) is 0 Å². The van der Waals surface area contributed by atoms with Crippen molar-refractivity contribution < 1.29 is 42.9 Å². The van der Waals surface area contributed by atoms with Crippen molar-refractivity contribution in [2.45, 2.75) is 328 Å². The number of aliphatic hydroxyl groups is 1. The van der Waals surface area contributed by atoms with Crippen molar-refractivity contribution in [2.75, 3.05) is 6.61 Å². The summed E-state index contributed by atoms with van der Waals surface area (Å²) in [4.78, 5) is 42.1. The highest BCUT2D eigenvalue weighted by molar-refractivity contribution is 6.48. The van der Waals surface area contributed by atoms with Crippen LogP contribution in [0.3, 0.4) is 0 Å². The second kappa shape index (κ2) is 40.9. The summed E-state index contributed by atoms with van der Waals surface area (Å²) in [5.41, 5.74) is 0.364. The molecule has 2 N–H and O–H groups in total. The van der Waals surface area contributed by atoms with Gasteiger partial charge in [-0.1, -0.05) is 231 Å². The van der Waals surface area contributed by atoms with Gasteiger partial charge < -0.3 is 33.8 Å². The Morgan fingerprint density at radius 2 is 1.07 bits per heavy atom. The number of aliphatic hydroxyl groups excluding tert-OH is 1. The Balaban J connectivity index is 2.32. The minimum absolute atomic E-state index is 0.0213. The molecule has 1 aliphatic rings. The summed E-state index contributed by atoms with van der Waals surface area (Å²) in [7, 11) is -1.96. The van der Waals surface area contributed by atoms with Crippen molar-refractivity contribution in [1.29, 1.82) is 0 Å². The van der Waals surface area contributed by atoms with Gasteiger partial charge in [-0.15, -0.1) is 0 Å². The molecule has 0 spiro atoms. The monoisotopic (exact) mass is 1030 g/mol. The van der Waals surface area contributed by atoms with Gasteiger partial charge in [0.05, 0.1) is 18.6 Å².